The largest absolute Gasteiger partial charge is 0.376 e. The minimum Gasteiger partial charge on any atom is -0.376 e. The second kappa shape index (κ2) is 9.97. The van der Waals surface area contributed by atoms with Crippen LogP contribution in [0.3, 0.4) is 0 Å². The summed E-state index contributed by atoms with van der Waals surface area (Å²) in [6.45, 7) is 2.56. The van der Waals surface area contributed by atoms with Crippen molar-refractivity contribution in [2.24, 2.45) is 0 Å². The van der Waals surface area contributed by atoms with Gasteiger partial charge in [0.25, 0.3) is 0 Å². The van der Waals surface area contributed by atoms with Gasteiger partial charge in [0.15, 0.2) is 0 Å². The molecule has 30 heavy (non-hydrogen) atoms. The lowest BCUT2D eigenvalue weighted by molar-refractivity contribution is -0.120. The van der Waals surface area contributed by atoms with Crippen LogP contribution in [0.25, 0.3) is 5.70 Å². The van der Waals surface area contributed by atoms with E-state index in [0.29, 0.717) is 6.54 Å². The molecule has 4 rings (SSSR count). The zero-order chi connectivity index (χ0) is 20.8. The number of nitrogens with one attached hydrogen (secondary N) is 2. The molecule has 0 bridgehead atoms. The predicted molar refractivity (Wildman–Crippen MR) is 124 cm³/mol. The van der Waals surface area contributed by atoms with Crippen molar-refractivity contribution < 1.29 is 4.79 Å². The van der Waals surface area contributed by atoms with Crippen LogP contribution in [0, 0.1) is 0 Å². The third-order valence-electron chi connectivity index (χ3n) is 6.50. The molecule has 2 N–H and O–H groups in total. The van der Waals surface area contributed by atoms with Gasteiger partial charge in [-0.25, -0.2) is 0 Å². The van der Waals surface area contributed by atoms with Crippen molar-refractivity contribution in [3.05, 3.63) is 76.4 Å². The number of unbranched alkanes of at least 4 members (excludes halogenated alkanes) is 1. The predicted octanol–water partition coefficient (Wildman–Crippen LogP) is 5.71. The molecule has 158 valence electrons. The first-order chi connectivity index (χ1) is 14.7. The van der Waals surface area contributed by atoms with Crippen LogP contribution >= 0.6 is 0 Å². The molecule has 1 atom stereocenters. The lowest BCUT2D eigenvalue weighted by Crippen LogP contribution is -2.37. The average molecular weight is 403 g/mol. The lowest BCUT2D eigenvalue weighted by atomic mass is 9.87. The number of carbonyl (C=O) groups is 1. The Hall–Kier alpha value is -2.55. The number of benzene rings is 2. The fourth-order valence-corrected chi connectivity index (χ4v) is 4.57. The van der Waals surface area contributed by atoms with E-state index in [4.69, 9.17) is 0 Å². The van der Waals surface area contributed by atoms with Crippen molar-refractivity contribution >= 4 is 11.6 Å². The topological polar surface area (TPSA) is 41.1 Å². The maximum absolute atomic E-state index is 12.8. The summed E-state index contributed by atoms with van der Waals surface area (Å²) in [6.07, 6.45) is 10.4. The summed E-state index contributed by atoms with van der Waals surface area (Å²) >= 11 is 0. The minimum absolute atomic E-state index is 0.0775. The van der Waals surface area contributed by atoms with Crippen LogP contribution in [0.2, 0.25) is 0 Å². The van der Waals surface area contributed by atoms with Crippen molar-refractivity contribution in [1.82, 2.24) is 10.6 Å². The Balaban J connectivity index is 1.39. The van der Waals surface area contributed by atoms with Crippen molar-refractivity contribution in [3.8, 4) is 0 Å². The van der Waals surface area contributed by atoms with E-state index in [1.807, 2.05) is 0 Å². The van der Waals surface area contributed by atoms with Gasteiger partial charge in [-0.3, -0.25) is 4.79 Å². The van der Waals surface area contributed by atoms with Crippen molar-refractivity contribution in [3.63, 3.8) is 0 Å². The van der Waals surface area contributed by atoms with E-state index in [1.54, 1.807) is 0 Å². The molecule has 3 heteroatoms. The summed E-state index contributed by atoms with van der Waals surface area (Å²) in [7, 11) is 0. The molecule has 1 unspecified atom stereocenters. The fraction of sp³-hybridized carbons (Fsp3) is 0.444. The number of carbonyl (C=O) groups excluding carboxylic acids is 1. The van der Waals surface area contributed by atoms with Crippen molar-refractivity contribution in [2.75, 3.05) is 6.54 Å². The zero-order valence-corrected chi connectivity index (χ0v) is 18.2. The first-order valence-corrected chi connectivity index (χ1v) is 11.7. The zero-order valence-electron chi connectivity index (χ0n) is 18.2. The first kappa shape index (κ1) is 20.7. The van der Waals surface area contributed by atoms with Crippen LogP contribution < -0.4 is 10.6 Å². The van der Waals surface area contributed by atoms with Gasteiger partial charge >= 0.3 is 0 Å². The smallest absolute Gasteiger partial charge is 0.239 e. The Morgan fingerprint density at radius 1 is 1.00 bits per heavy atom. The second-order valence-electron chi connectivity index (χ2n) is 8.70. The van der Waals surface area contributed by atoms with E-state index in [-0.39, 0.29) is 11.9 Å². The van der Waals surface area contributed by atoms with E-state index in [1.165, 1.54) is 52.8 Å². The van der Waals surface area contributed by atoms with Gasteiger partial charge in [-0.1, -0.05) is 61.9 Å². The number of hydrogen-bond acceptors (Lipinski definition) is 2. The molecule has 0 saturated heterocycles. The highest BCUT2D eigenvalue weighted by atomic mass is 16.2. The number of amides is 1. The summed E-state index contributed by atoms with van der Waals surface area (Å²) in [4.78, 5) is 12.8. The van der Waals surface area contributed by atoms with Crippen molar-refractivity contribution in [1.29, 1.82) is 0 Å². The highest BCUT2D eigenvalue weighted by molar-refractivity contribution is 5.81. The van der Waals surface area contributed by atoms with Crippen LogP contribution in [0.15, 0.2) is 54.1 Å². The molecule has 1 fully saturated rings. The number of allylic oxidation sites excluding steroid dienone is 1. The molecular weight excluding hydrogens is 368 g/mol. The third-order valence-corrected chi connectivity index (χ3v) is 6.50. The maximum atomic E-state index is 12.8. The van der Waals surface area contributed by atoms with E-state index in [9.17, 15) is 4.79 Å². The van der Waals surface area contributed by atoms with Gasteiger partial charge in [0.1, 0.15) is 0 Å². The molecular formula is C27H34N2O. The third kappa shape index (κ3) is 4.95. The summed E-state index contributed by atoms with van der Waals surface area (Å²) in [6, 6.07) is 17.6. The van der Waals surface area contributed by atoms with Gasteiger partial charge in [-0.15, -0.1) is 0 Å². The Morgan fingerprint density at radius 3 is 2.53 bits per heavy atom. The summed E-state index contributed by atoms with van der Waals surface area (Å²) in [5.74, 6) is 0.0775. The molecule has 2 aromatic rings. The standard InChI is InChI=1S/C27H34N2O/c1-2-3-8-20-15-17-23(18-16-20)27(22-11-6-12-22)28-19-26(30)29-25-14-7-10-21-9-4-5-13-24(21)25/h4-5,9,13,15-18,25,28H,2-3,6-8,10-12,14,19H2,1H3,(H,29,30). The Bertz CT molecular complexity index is 891. The molecule has 0 aliphatic heterocycles. The molecule has 3 nitrogen and oxygen atoms in total. The monoisotopic (exact) mass is 402 g/mol. The molecule has 0 aromatic heterocycles. The molecule has 2 aliphatic rings. The van der Waals surface area contributed by atoms with Crippen LogP contribution in [-0.4, -0.2) is 12.5 Å². The van der Waals surface area contributed by atoms with Crippen LogP contribution in [0.1, 0.15) is 80.2 Å². The second-order valence-corrected chi connectivity index (χ2v) is 8.70. The highest BCUT2D eigenvalue weighted by Gasteiger charge is 2.22. The average Bonchev–Trinajstić information content (AvgIpc) is 2.74. The first-order valence-electron chi connectivity index (χ1n) is 11.7. The van der Waals surface area contributed by atoms with E-state index in [2.05, 4.69) is 66.1 Å². The Labute approximate surface area is 181 Å². The molecule has 1 saturated carbocycles. The van der Waals surface area contributed by atoms with Gasteiger partial charge in [-0.05, 0) is 79.2 Å². The van der Waals surface area contributed by atoms with Crippen LogP contribution in [0.4, 0.5) is 0 Å². The van der Waals surface area contributed by atoms with Gasteiger partial charge in [0, 0.05) is 5.70 Å². The van der Waals surface area contributed by atoms with Crippen molar-refractivity contribution in [2.45, 2.75) is 70.8 Å². The lowest BCUT2D eigenvalue weighted by Gasteiger charge is -2.27. The number of rotatable bonds is 8. The molecule has 0 heterocycles. The van der Waals surface area contributed by atoms with E-state index < -0.39 is 0 Å². The number of hydrogen-bond donors (Lipinski definition) is 2. The number of fused-ring (bicyclic) bond motifs is 1. The SMILES string of the molecule is CCCCc1ccc(C(NCC(=O)NC2CCCc3ccccc32)=C2CCC2)cc1. The Morgan fingerprint density at radius 2 is 1.80 bits per heavy atom. The van der Waals surface area contributed by atoms with E-state index in [0.717, 1.165) is 38.5 Å². The highest BCUT2D eigenvalue weighted by Crippen LogP contribution is 2.32. The molecule has 1 amide bonds. The summed E-state index contributed by atoms with van der Waals surface area (Å²) in [5.41, 5.74) is 7.89. The summed E-state index contributed by atoms with van der Waals surface area (Å²) < 4.78 is 0. The minimum atomic E-state index is 0.0775. The van der Waals surface area contributed by atoms with Crippen LogP contribution in [-0.2, 0) is 17.6 Å². The molecule has 0 radical (unpaired) electrons. The van der Waals surface area contributed by atoms with Crippen LogP contribution in [0.5, 0.6) is 0 Å². The maximum Gasteiger partial charge on any atom is 0.239 e. The summed E-state index contributed by atoms with van der Waals surface area (Å²) in [5, 5.41) is 6.75. The number of aryl methyl sites for hydroxylation is 2. The molecule has 2 aromatic carbocycles. The van der Waals surface area contributed by atoms with Gasteiger partial charge in [-0.2, -0.15) is 0 Å². The van der Waals surface area contributed by atoms with E-state index >= 15 is 0 Å². The normalized spacial score (nSPS) is 17.6. The Kier molecular flexibility index (Phi) is 6.88. The fourth-order valence-electron chi connectivity index (χ4n) is 4.57. The molecule has 0 spiro atoms. The van der Waals surface area contributed by atoms with Gasteiger partial charge in [0.2, 0.25) is 5.91 Å². The van der Waals surface area contributed by atoms with Gasteiger partial charge in [0.05, 0.1) is 12.6 Å². The van der Waals surface area contributed by atoms with Gasteiger partial charge < -0.3 is 10.6 Å². The quantitative estimate of drug-likeness (QED) is 0.594. The molecule has 2 aliphatic carbocycles.